The van der Waals surface area contributed by atoms with Crippen LogP contribution in [0.5, 0.6) is 0 Å². The Bertz CT molecular complexity index is 874. The third-order valence-electron chi connectivity index (χ3n) is 5.05. The van der Waals surface area contributed by atoms with E-state index in [0.29, 0.717) is 19.0 Å². The number of aromatic nitrogens is 3. The number of pyridine rings is 1. The van der Waals surface area contributed by atoms with Crippen molar-refractivity contribution in [1.82, 2.24) is 19.4 Å². The summed E-state index contributed by atoms with van der Waals surface area (Å²) in [7, 11) is 0. The van der Waals surface area contributed by atoms with Gasteiger partial charge in [-0.1, -0.05) is 0 Å². The molecule has 2 aliphatic rings. The number of fused-ring (bicyclic) bond motifs is 4. The Kier molecular flexibility index (Phi) is 3.48. The van der Waals surface area contributed by atoms with E-state index in [4.69, 9.17) is 0 Å². The number of likely N-dealkylation sites (tertiary alicyclic amines) is 1. The SMILES string of the molecule is CC(=O)N1C[C@@H]2C[C@H](C1)c1cc(-c3cncc(C)n3)cc(=O)n1C2. The number of carbonyl (C=O) groups is 1. The van der Waals surface area contributed by atoms with Crippen molar-refractivity contribution in [3.63, 3.8) is 0 Å². The minimum absolute atomic E-state index is 0.0109. The Morgan fingerprint density at radius 2 is 2.04 bits per heavy atom. The third kappa shape index (κ3) is 2.52. The van der Waals surface area contributed by atoms with E-state index in [0.717, 1.165) is 35.6 Å². The van der Waals surface area contributed by atoms with Crippen LogP contribution in [0.15, 0.2) is 29.3 Å². The Hall–Kier alpha value is -2.50. The average Bonchev–Trinajstić information content (AvgIpc) is 2.55. The van der Waals surface area contributed by atoms with E-state index in [2.05, 4.69) is 16.0 Å². The van der Waals surface area contributed by atoms with Crippen LogP contribution in [0.25, 0.3) is 11.3 Å². The summed E-state index contributed by atoms with van der Waals surface area (Å²) in [5.74, 6) is 0.690. The quantitative estimate of drug-likeness (QED) is 0.799. The molecule has 2 aromatic heterocycles. The Balaban J connectivity index is 1.79. The molecule has 1 saturated heterocycles. The summed E-state index contributed by atoms with van der Waals surface area (Å²) in [4.78, 5) is 35.0. The van der Waals surface area contributed by atoms with E-state index < -0.39 is 0 Å². The van der Waals surface area contributed by atoms with E-state index in [9.17, 15) is 9.59 Å². The predicted molar refractivity (Wildman–Crippen MR) is 89.6 cm³/mol. The number of rotatable bonds is 1. The normalized spacial score (nSPS) is 22.2. The van der Waals surface area contributed by atoms with Gasteiger partial charge in [0.1, 0.15) is 0 Å². The Morgan fingerprint density at radius 1 is 1.21 bits per heavy atom. The number of piperidine rings is 1. The van der Waals surface area contributed by atoms with Gasteiger partial charge in [0.15, 0.2) is 0 Å². The van der Waals surface area contributed by atoms with Crippen molar-refractivity contribution in [3.05, 3.63) is 46.3 Å². The maximum Gasteiger partial charge on any atom is 0.251 e. The lowest BCUT2D eigenvalue weighted by atomic mass is 9.82. The summed E-state index contributed by atoms with van der Waals surface area (Å²) in [5.41, 5.74) is 3.38. The van der Waals surface area contributed by atoms with Crippen LogP contribution in [-0.4, -0.2) is 38.4 Å². The molecule has 1 fully saturated rings. The van der Waals surface area contributed by atoms with Crippen LogP contribution in [0.4, 0.5) is 0 Å². The molecule has 0 spiro atoms. The zero-order valence-corrected chi connectivity index (χ0v) is 13.9. The first-order valence-electron chi connectivity index (χ1n) is 8.30. The number of aryl methyl sites for hydroxylation is 1. The van der Waals surface area contributed by atoms with Crippen LogP contribution in [0, 0.1) is 12.8 Å². The van der Waals surface area contributed by atoms with Gasteiger partial charge in [-0.25, -0.2) is 4.98 Å². The topological polar surface area (TPSA) is 68.1 Å². The smallest absolute Gasteiger partial charge is 0.251 e. The molecule has 4 heterocycles. The van der Waals surface area contributed by atoms with Gasteiger partial charge in [0.2, 0.25) is 5.91 Å². The van der Waals surface area contributed by atoms with Gasteiger partial charge in [-0.15, -0.1) is 0 Å². The largest absolute Gasteiger partial charge is 0.342 e. The van der Waals surface area contributed by atoms with E-state index in [1.54, 1.807) is 25.4 Å². The lowest BCUT2D eigenvalue weighted by Gasteiger charge is -2.42. The molecule has 2 aliphatic heterocycles. The molecule has 2 bridgehead atoms. The van der Waals surface area contributed by atoms with Gasteiger partial charge in [0.25, 0.3) is 5.56 Å². The highest BCUT2D eigenvalue weighted by Crippen LogP contribution is 2.36. The number of carbonyl (C=O) groups excluding carboxylic acids is 1. The standard InChI is InChI=1S/C18H20N4O2/c1-11-6-19-7-16(20-11)14-4-17-15-3-13(8-21(10-15)12(2)23)9-22(17)18(24)5-14/h4-7,13,15H,3,8-10H2,1-2H3/t13-,15+/m0/s1. The molecular weight excluding hydrogens is 304 g/mol. The molecule has 24 heavy (non-hydrogen) atoms. The van der Waals surface area contributed by atoms with Crippen molar-refractivity contribution < 1.29 is 4.79 Å². The van der Waals surface area contributed by atoms with Gasteiger partial charge >= 0.3 is 0 Å². The molecule has 6 heteroatoms. The lowest BCUT2D eigenvalue weighted by Crippen LogP contribution is -2.48. The highest BCUT2D eigenvalue weighted by molar-refractivity contribution is 5.73. The molecule has 1 amide bonds. The summed E-state index contributed by atoms with van der Waals surface area (Å²) in [6.07, 6.45) is 4.42. The molecule has 0 aromatic carbocycles. The maximum absolute atomic E-state index is 12.6. The average molecular weight is 324 g/mol. The molecular formula is C18H20N4O2. The van der Waals surface area contributed by atoms with Crippen LogP contribution >= 0.6 is 0 Å². The Labute approximate surface area is 140 Å². The van der Waals surface area contributed by atoms with Crippen LogP contribution in [0.2, 0.25) is 0 Å². The highest BCUT2D eigenvalue weighted by Gasteiger charge is 2.35. The second-order valence-corrected chi connectivity index (χ2v) is 6.89. The second-order valence-electron chi connectivity index (χ2n) is 6.89. The van der Waals surface area contributed by atoms with Gasteiger partial charge < -0.3 is 9.47 Å². The third-order valence-corrected chi connectivity index (χ3v) is 5.05. The zero-order valence-electron chi connectivity index (χ0n) is 13.9. The molecule has 0 N–H and O–H groups in total. The van der Waals surface area contributed by atoms with Crippen molar-refractivity contribution in [2.24, 2.45) is 5.92 Å². The molecule has 2 atom stereocenters. The number of hydrogen-bond donors (Lipinski definition) is 0. The van der Waals surface area contributed by atoms with Crippen LogP contribution in [0.1, 0.15) is 30.7 Å². The first-order chi connectivity index (χ1) is 11.5. The van der Waals surface area contributed by atoms with Crippen molar-refractivity contribution >= 4 is 5.91 Å². The minimum Gasteiger partial charge on any atom is -0.342 e. The van der Waals surface area contributed by atoms with E-state index in [1.165, 1.54) is 0 Å². The molecule has 0 aliphatic carbocycles. The molecule has 0 unspecified atom stereocenters. The van der Waals surface area contributed by atoms with Gasteiger partial charge in [0, 0.05) is 56.0 Å². The van der Waals surface area contributed by atoms with E-state index in [-0.39, 0.29) is 17.4 Å². The second kappa shape index (κ2) is 5.54. The summed E-state index contributed by atoms with van der Waals surface area (Å²) in [6, 6.07) is 3.70. The van der Waals surface area contributed by atoms with Gasteiger partial charge in [-0.05, 0) is 25.3 Å². The minimum atomic E-state index is 0.0109. The van der Waals surface area contributed by atoms with Gasteiger partial charge in [-0.3, -0.25) is 14.6 Å². The zero-order chi connectivity index (χ0) is 16.8. The summed E-state index contributed by atoms with van der Waals surface area (Å²) >= 11 is 0. The Morgan fingerprint density at radius 3 is 2.79 bits per heavy atom. The number of nitrogens with zero attached hydrogens (tertiary/aromatic N) is 4. The molecule has 2 aromatic rings. The van der Waals surface area contributed by atoms with E-state index >= 15 is 0 Å². The lowest BCUT2D eigenvalue weighted by molar-refractivity contribution is -0.131. The van der Waals surface area contributed by atoms with Crippen molar-refractivity contribution in [1.29, 1.82) is 0 Å². The van der Waals surface area contributed by atoms with Crippen LogP contribution in [0.3, 0.4) is 0 Å². The monoisotopic (exact) mass is 324 g/mol. The first kappa shape index (κ1) is 15.1. The fourth-order valence-corrected chi connectivity index (χ4v) is 3.97. The molecule has 4 rings (SSSR count). The summed E-state index contributed by atoms with van der Waals surface area (Å²) < 4.78 is 1.88. The maximum atomic E-state index is 12.6. The summed E-state index contributed by atoms with van der Waals surface area (Å²) in [6.45, 7) is 5.64. The van der Waals surface area contributed by atoms with Gasteiger partial charge in [0.05, 0.1) is 17.6 Å². The van der Waals surface area contributed by atoms with Crippen molar-refractivity contribution in [3.8, 4) is 11.3 Å². The van der Waals surface area contributed by atoms with Gasteiger partial charge in [-0.2, -0.15) is 0 Å². The van der Waals surface area contributed by atoms with Crippen LogP contribution < -0.4 is 5.56 Å². The highest BCUT2D eigenvalue weighted by atomic mass is 16.2. The molecule has 6 nitrogen and oxygen atoms in total. The van der Waals surface area contributed by atoms with E-state index in [1.807, 2.05) is 16.4 Å². The first-order valence-corrected chi connectivity index (χ1v) is 8.30. The van der Waals surface area contributed by atoms with Crippen LogP contribution in [-0.2, 0) is 11.3 Å². The predicted octanol–water partition coefficient (Wildman–Crippen LogP) is 1.58. The number of amides is 1. The number of hydrogen-bond acceptors (Lipinski definition) is 4. The summed E-state index contributed by atoms with van der Waals surface area (Å²) in [5, 5.41) is 0. The molecule has 0 saturated carbocycles. The fraction of sp³-hybridized carbons (Fsp3) is 0.444. The van der Waals surface area contributed by atoms with Crippen molar-refractivity contribution in [2.45, 2.75) is 32.7 Å². The molecule has 0 radical (unpaired) electrons. The fourth-order valence-electron chi connectivity index (χ4n) is 3.97. The van der Waals surface area contributed by atoms with Crippen molar-refractivity contribution in [2.75, 3.05) is 13.1 Å². The molecule has 124 valence electrons.